The molecule has 0 radical (unpaired) electrons. The molecule has 1 atom stereocenters. The number of benzene rings is 1. The molecule has 6 rings (SSSR count). The summed E-state index contributed by atoms with van der Waals surface area (Å²) in [4.78, 5) is 11.0. The Balaban J connectivity index is 1.35. The van der Waals surface area contributed by atoms with Gasteiger partial charge in [-0.15, -0.1) is 0 Å². The van der Waals surface area contributed by atoms with E-state index in [4.69, 9.17) is 4.74 Å². The van der Waals surface area contributed by atoms with Gasteiger partial charge in [-0.05, 0) is 42.7 Å². The van der Waals surface area contributed by atoms with Crippen LogP contribution in [0.3, 0.4) is 0 Å². The first-order chi connectivity index (χ1) is 15.1. The van der Waals surface area contributed by atoms with E-state index in [1.54, 1.807) is 6.33 Å². The quantitative estimate of drug-likeness (QED) is 0.697. The summed E-state index contributed by atoms with van der Waals surface area (Å²) in [6.07, 6.45) is 7.63. The number of nitriles is 1. The van der Waals surface area contributed by atoms with Crippen molar-refractivity contribution < 1.29 is 9.84 Å². The highest BCUT2D eigenvalue weighted by Gasteiger charge is 2.61. The third kappa shape index (κ3) is 2.99. The first kappa shape index (κ1) is 18.7. The molecule has 1 saturated heterocycles. The number of hydrogen-bond acceptors (Lipinski definition) is 7. The Morgan fingerprint density at radius 3 is 2.81 bits per heavy atom. The van der Waals surface area contributed by atoms with E-state index in [0.717, 1.165) is 35.1 Å². The molecule has 1 spiro atoms. The third-order valence-electron chi connectivity index (χ3n) is 7.17. The van der Waals surface area contributed by atoms with E-state index in [2.05, 4.69) is 44.2 Å². The molecule has 3 aliphatic rings. The Morgan fingerprint density at radius 2 is 2.03 bits per heavy atom. The van der Waals surface area contributed by atoms with E-state index < -0.39 is 0 Å². The zero-order chi connectivity index (χ0) is 21.1. The van der Waals surface area contributed by atoms with Gasteiger partial charge in [-0.1, -0.05) is 12.1 Å². The van der Waals surface area contributed by atoms with Gasteiger partial charge in [0.25, 0.3) is 0 Å². The summed E-state index contributed by atoms with van der Waals surface area (Å²) in [6, 6.07) is 10.8. The molecule has 0 bridgehead atoms. The van der Waals surface area contributed by atoms with Crippen molar-refractivity contribution in [3.8, 4) is 11.9 Å². The molecular formula is C23H24N6O2. The lowest BCUT2D eigenvalue weighted by molar-refractivity contribution is 0.00335. The minimum absolute atomic E-state index is 0.0110. The van der Waals surface area contributed by atoms with Crippen molar-refractivity contribution in [3.05, 3.63) is 42.4 Å². The van der Waals surface area contributed by atoms with Crippen LogP contribution in [-0.4, -0.2) is 57.3 Å². The van der Waals surface area contributed by atoms with Crippen LogP contribution >= 0.6 is 0 Å². The second kappa shape index (κ2) is 6.74. The molecule has 3 fully saturated rings. The second-order valence-electron chi connectivity index (χ2n) is 9.23. The molecule has 2 aromatic heterocycles. The van der Waals surface area contributed by atoms with Gasteiger partial charge in [-0.2, -0.15) is 10.4 Å². The first-order valence-electron chi connectivity index (χ1n) is 10.8. The fraction of sp³-hybridized carbons (Fsp3) is 0.478. The molecule has 8 heteroatoms. The summed E-state index contributed by atoms with van der Waals surface area (Å²) in [6.45, 7) is 1.84. The highest BCUT2D eigenvalue weighted by molar-refractivity contribution is 5.81. The minimum Gasteiger partial charge on any atom is -0.394 e. The molecule has 31 heavy (non-hydrogen) atoms. The summed E-state index contributed by atoms with van der Waals surface area (Å²) in [5, 5.41) is 25.0. The summed E-state index contributed by atoms with van der Waals surface area (Å²) >= 11 is 0. The van der Waals surface area contributed by atoms with Crippen LogP contribution in [0.1, 0.15) is 31.2 Å². The number of ether oxygens (including phenoxy) is 1. The van der Waals surface area contributed by atoms with Gasteiger partial charge in [0.15, 0.2) is 5.82 Å². The lowest BCUT2D eigenvalue weighted by Gasteiger charge is -2.44. The second-order valence-corrected chi connectivity index (χ2v) is 9.23. The Bertz CT molecular complexity index is 1190. The molecule has 0 amide bonds. The molecule has 1 N–H and O–H groups in total. The molecular weight excluding hydrogens is 392 g/mol. The van der Waals surface area contributed by atoms with Crippen LogP contribution in [0.4, 0.5) is 5.82 Å². The van der Waals surface area contributed by atoms with Crippen molar-refractivity contribution >= 4 is 16.7 Å². The van der Waals surface area contributed by atoms with Crippen LogP contribution in [0.15, 0.2) is 36.8 Å². The van der Waals surface area contributed by atoms with E-state index in [0.29, 0.717) is 30.9 Å². The highest BCUT2D eigenvalue weighted by Crippen LogP contribution is 2.68. The largest absolute Gasteiger partial charge is 0.394 e. The average Bonchev–Trinajstić information content (AvgIpc) is 3.48. The zero-order valence-electron chi connectivity index (χ0n) is 17.2. The van der Waals surface area contributed by atoms with E-state index in [-0.39, 0.29) is 18.1 Å². The number of nitrogens with zero attached hydrogens (tertiary/aromatic N) is 6. The fourth-order valence-corrected chi connectivity index (χ4v) is 5.27. The maximum Gasteiger partial charge on any atom is 0.159 e. The van der Waals surface area contributed by atoms with Gasteiger partial charge >= 0.3 is 0 Å². The summed E-state index contributed by atoms with van der Waals surface area (Å²) in [5.74, 6) is 1.47. The van der Waals surface area contributed by atoms with Crippen LogP contribution in [0, 0.1) is 16.7 Å². The van der Waals surface area contributed by atoms with Crippen molar-refractivity contribution in [1.29, 1.82) is 5.26 Å². The van der Waals surface area contributed by atoms with Gasteiger partial charge in [-0.3, -0.25) is 0 Å². The third-order valence-corrected chi connectivity index (χ3v) is 7.17. The normalized spacial score (nSPS) is 23.5. The Morgan fingerprint density at radius 1 is 1.19 bits per heavy atom. The smallest absolute Gasteiger partial charge is 0.159 e. The van der Waals surface area contributed by atoms with Crippen LogP contribution in [-0.2, 0) is 10.2 Å². The van der Waals surface area contributed by atoms with Gasteiger partial charge in [0.2, 0.25) is 0 Å². The standard InChI is InChI=1S/C23H24N6O2/c24-14-23(12-22(13-23)3-4-22)17-2-1-16-9-27-29(19(16)7-17)21-8-20(25-15-26-21)28-5-6-31-18(10-28)11-30/h1-2,7-9,15,18,30H,3-6,10-13H2. The molecule has 1 aromatic carbocycles. The average molecular weight is 416 g/mol. The number of aliphatic hydroxyl groups excluding tert-OH is 1. The molecule has 3 aromatic rings. The lowest BCUT2D eigenvalue weighted by Crippen LogP contribution is -2.44. The molecule has 1 aliphatic heterocycles. The topological polar surface area (TPSA) is 100 Å². The SMILES string of the molecule is N#CC1(c2ccc3cnn(-c4cc(N5CCOC(CO)C5)ncn4)c3c2)CC2(CC2)C1. The number of aliphatic hydroxyl groups is 1. The van der Waals surface area contributed by atoms with Crippen molar-refractivity contribution in [3.63, 3.8) is 0 Å². The number of morpholine rings is 1. The molecule has 2 aliphatic carbocycles. The Labute approximate surface area is 180 Å². The van der Waals surface area contributed by atoms with E-state index in [1.165, 1.54) is 12.8 Å². The van der Waals surface area contributed by atoms with Crippen LogP contribution in [0.2, 0.25) is 0 Å². The molecule has 2 saturated carbocycles. The molecule has 8 nitrogen and oxygen atoms in total. The van der Waals surface area contributed by atoms with E-state index in [1.807, 2.05) is 16.9 Å². The Kier molecular flexibility index (Phi) is 4.07. The van der Waals surface area contributed by atoms with E-state index in [9.17, 15) is 10.4 Å². The van der Waals surface area contributed by atoms with Gasteiger partial charge < -0.3 is 14.7 Å². The number of rotatable bonds is 4. The number of hydrogen-bond donors (Lipinski definition) is 1. The number of aromatic nitrogens is 4. The van der Waals surface area contributed by atoms with Crippen LogP contribution in [0.5, 0.6) is 0 Å². The van der Waals surface area contributed by atoms with Crippen molar-refractivity contribution in [2.45, 2.75) is 37.2 Å². The van der Waals surface area contributed by atoms with Crippen LogP contribution in [0.25, 0.3) is 16.7 Å². The summed E-state index contributed by atoms with van der Waals surface area (Å²) in [7, 11) is 0. The lowest BCUT2D eigenvalue weighted by atomic mass is 9.57. The van der Waals surface area contributed by atoms with Gasteiger partial charge in [0.1, 0.15) is 12.1 Å². The molecule has 158 valence electrons. The van der Waals surface area contributed by atoms with E-state index >= 15 is 0 Å². The molecule has 3 heterocycles. The van der Waals surface area contributed by atoms with Crippen LogP contribution < -0.4 is 4.90 Å². The van der Waals surface area contributed by atoms with Crippen molar-refractivity contribution in [2.24, 2.45) is 5.41 Å². The minimum atomic E-state index is -0.371. The summed E-state index contributed by atoms with van der Waals surface area (Å²) < 4.78 is 7.37. The predicted molar refractivity (Wildman–Crippen MR) is 114 cm³/mol. The van der Waals surface area contributed by atoms with Gasteiger partial charge in [0, 0.05) is 24.5 Å². The Hall–Kier alpha value is -3.02. The van der Waals surface area contributed by atoms with Gasteiger partial charge in [-0.25, -0.2) is 14.6 Å². The van der Waals surface area contributed by atoms with Gasteiger partial charge in [0.05, 0.1) is 42.5 Å². The maximum absolute atomic E-state index is 9.95. The highest BCUT2D eigenvalue weighted by atomic mass is 16.5. The summed E-state index contributed by atoms with van der Waals surface area (Å²) in [5.41, 5.74) is 2.10. The maximum atomic E-state index is 9.95. The zero-order valence-corrected chi connectivity index (χ0v) is 17.2. The first-order valence-corrected chi connectivity index (χ1v) is 10.8. The number of fused-ring (bicyclic) bond motifs is 1. The van der Waals surface area contributed by atoms with Crippen molar-refractivity contribution in [1.82, 2.24) is 19.7 Å². The predicted octanol–water partition coefficient (Wildman–Crippen LogP) is 2.35. The van der Waals surface area contributed by atoms with Crippen molar-refractivity contribution in [2.75, 3.05) is 31.2 Å². The molecule has 1 unspecified atom stereocenters. The monoisotopic (exact) mass is 416 g/mol. The fourth-order valence-electron chi connectivity index (χ4n) is 5.27. The number of anilines is 1.